The standard InChI is InChI=1S/C11H9ClN4O/c1-7-4-8(2-3-13-7)16-11(17)9-5-15-10(12)6-14-9/h2-6H,1H3,(H,13,16,17). The highest BCUT2D eigenvalue weighted by Gasteiger charge is 2.08. The molecule has 1 amide bonds. The number of carbonyl (C=O) groups is 1. The van der Waals surface area contributed by atoms with E-state index in [0.717, 1.165) is 5.69 Å². The second-order valence-electron chi connectivity index (χ2n) is 3.36. The molecular weight excluding hydrogens is 240 g/mol. The van der Waals surface area contributed by atoms with Crippen molar-refractivity contribution in [2.45, 2.75) is 6.92 Å². The molecule has 86 valence electrons. The first-order chi connectivity index (χ1) is 8.15. The van der Waals surface area contributed by atoms with Gasteiger partial charge in [0.15, 0.2) is 0 Å². The molecule has 0 saturated heterocycles. The molecule has 6 heteroatoms. The molecule has 0 spiro atoms. The molecule has 2 rings (SSSR count). The number of amides is 1. The summed E-state index contributed by atoms with van der Waals surface area (Å²) in [6.45, 7) is 1.84. The summed E-state index contributed by atoms with van der Waals surface area (Å²) in [6, 6.07) is 3.47. The lowest BCUT2D eigenvalue weighted by Gasteiger charge is -2.04. The zero-order chi connectivity index (χ0) is 12.3. The quantitative estimate of drug-likeness (QED) is 0.884. The van der Waals surface area contributed by atoms with Crippen LogP contribution < -0.4 is 5.32 Å². The number of rotatable bonds is 2. The summed E-state index contributed by atoms with van der Waals surface area (Å²) in [7, 11) is 0. The second kappa shape index (κ2) is 4.88. The van der Waals surface area contributed by atoms with Crippen molar-refractivity contribution in [2.75, 3.05) is 5.32 Å². The molecule has 0 aliphatic heterocycles. The molecule has 2 heterocycles. The number of nitrogens with zero attached hydrogens (tertiary/aromatic N) is 3. The molecule has 0 atom stereocenters. The number of hydrogen-bond donors (Lipinski definition) is 1. The molecule has 0 unspecified atom stereocenters. The van der Waals surface area contributed by atoms with E-state index in [0.29, 0.717) is 5.69 Å². The van der Waals surface area contributed by atoms with E-state index in [9.17, 15) is 4.79 Å². The molecule has 0 aromatic carbocycles. The Kier molecular flexibility index (Phi) is 3.30. The summed E-state index contributed by atoms with van der Waals surface area (Å²) < 4.78 is 0. The molecule has 0 aliphatic rings. The van der Waals surface area contributed by atoms with Gasteiger partial charge in [-0.2, -0.15) is 0 Å². The number of anilines is 1. The Morgan fingerprint density at radius 1 is 1.29 bits per heavy atom. The predicted molar refractivity (Wildman–Crippen MR) is 64.0 cm³/mol. The molecular formula is C11H9ClN4O. The molecule has 2 aromatic heterocycles. The van der Waals surface area contributed by atoms with Gasteiger partial charge in [0, 0.05) is 17.6 Å². The maximum Gasteiger partial charge on any atom is 0.275 e. The van der Waals surface area contributed by atoms with Gasteiger partial charge in [0.2, 0.25) is 0 Å². The van der Waals surface area contributed by atoms with Gasteiger partial charge >= 0.3 is 0 Å². The third-order valence-corrected chi connectivity index (χ3v) is 2.20. The second-order valence-corrected chi connectivity index (χ2v) is 3.75. The monoisotopic (exact) mass is 248 g/mol. The van der Waals surface area contributed by atoms with E-state index in [2.05, 4.69) is 20.3 Å². The van der Waals surface area contributed by atoms with Crippen LogP contribution in [0.2, 0.25) is 5.15 Å². The number of hydrogen-bond acceptors (Lipinski definition) is 4. The fraction of sp³-hybridized carbons (Fsp3) is 0.0909. The minimum absolute atomic E-state index is 0.212. The van der Waals surface area contributed by atoms with E-state index < -0.39 is 0 Å². The van der Waals surface area contributed by atoms with Crippen molar-refractivity contribution < 1.29 is 4.79 Å². The number of carbonyl (C=O) groups excluding carboxylic acids is 1. The fourth-order valence-electron chi connectivity index (χ4n) is 1.25. The van der Waals surface area contributed by atoms with E-state index in [1.54, 1.807) is 18.3 Å². The van der Waals surface area contributed by atoms with Crippen LogP contribution in [0.15, 0.2) is 30.7 Å². The first kappa shape index (κ1) is 11.5. The van der Waals surface area contributed by atoms with Crippen molar-refractivity contribution in [1.29, 1.82) is 0 Å². The van der Waals surface area contributed by atoms with Crippen LogP contribution in [0.1, 0.15) is 16.2 Å². The Labute approximate surface area is 103 Å². The van der Waals surface area contributed by atoms with Gasteiger partial charge in [-0.15, -0.1) is 0 Å². The molecule has 0 radical (unpaired) electrons. The van der Waals surface area contributed by atoms with E-state index in [-0.39, 0.29) is 16.8 Å². The lowest BCUT2D eigenvalue weighted by atomic mass is 10.3. The normalized spacial score (nSPS) is 10.0. The predicted octanol–water partition coefficient (Wildman–Crippen LogP) is 2.09. The van der Waals surface area contributed by atoms with Crippen LogP contribution in [0.4, 0.5) is 5.69 Å². The molecule has 0 fully saturated rings. The van der Waals surface area contributed by atoms with Crippen LogP contribution in [-0.4, -0.2) is 20.9 Å². The average molecular weight is 249 g/mol. The average Bonchev–Trinajstić information content (AvgIpc) is 2.29. The Hall–Kier alpha value is -2.01. The summed E-state index contributed by atoms with van der Waals surface area (Å²) in [6.07, 6.45) is 4.28. The van der Waals surface area contributed by atoms with Gasteiger partial charge in [-0.1, -0.05) is 11.6 Å². The molecule has 2 aromatic rings. The minimum Gasteiger partial charge on any atom is -0.320 e. The number of aromatic nitrogens is 3. The largest absolute Gasteiger partial charge is 0.320 e. The van der Waals surface area contributed by atoms with Gasteiger partial charge in [-0.3, -0.25) is 9.78 Å². The Balaban J connectivity index is 2.14. The van der Waals surface area contributed by atoms with E-state index in [1.807, 2.05) is 6.92 Å². The molecule has 5 nitrogen and oxygen atoms in total. The van der Waals surface area contributed by atoms with Crippen LogP contribution in [-0.2, 0) is 0 Å². The van der Waals surface area contributed by atoms with Crippen LogP contribution in [0.25, 0.3) is 0 Å². The maximum atomic E-state index is 11.8. The number of nitrogens with one attached hydrogen (secondary N) is 1. The van der Waals surface area contributed by atoms with Gasteiger partial charge in [0.05, 0.1) is 12.4 Å². The zero-order valence-electron chi connectivity index (χ0n) is 9.01. The van der Waals surface area contributed by atoms with Crippen LogP contribution in [0, 0.1) is 6.92 Å². The van der Waals surface area contributed by atoms with Gasteiger partial charge in [-0.05, 0) is 19.1 Å². The molecule has 0 bridgehead atoms. The number of aryl methyl sites for hydroxylation is 1. The van der Waals surface area contributed by atoms with Gasteiger partial charge < -0.3 is 5.32 Å². The van der Waals surface area contributed by atoms with Crippen molar-refractivity contribution >= 4 is 23.2 Å². The maximum absolute atomic E-state index is 11.8. The SMILES string of the molecule is Cc1cc(NC(=O)c2cnc(Cl)cn2)ccn1. The summed E-state index contributed by atoms with van der Waals surface area (Å²) in [5.41, 5.74) is 1.70. The lowest BCUT2D eigenvalue weighted by Crippen LogP contribution is -2.14. The first-order valence-electron chi connectivity index (χ1n) is 4.87. The minimum atomic E-state index is -0.334. The summed E-state index contributed by atoms with van der Waals surface area (Å²) in [4.78, 5) is 23.5. The Morgan fingerprint density at radius 2 is 2.12 bits per heavy atom. The van der Waals surface area contributed by atoms with Crippen LogP contribution >= 0.6 is 11.6 Å². The van der Waals surface area contributed by atoms with E-state index >= 15 is 0 Å². The third kappa shape index (κ3) is 2.98. The highest BCUT2D eigenvalue weighted by molar-refractivity contribution is 6.29. The molecule has 1 N–H and O–H groups in total. The van der Waals surface area contributed by atoms with Crippen molar-refractivity contribution in [3.05, 3.63) is 47.3 Å². The molecule has 0 aliphatic carbocycles. The van der Waals surface area contributed by atoms with Crippen molar-refractivity contribution in [3.63, 3.8) is 0 Å². The molecule has 0 saturated carbocycles. The van der Waals surface area contributed by atoms with Gasteiger partial charge in [0.1, 0.15) is 10.8 Å². The summed E-state index contributed by atoms with van der Waals surface area (Å²) in [5, 5.41) is 2.95. The zero-order valence-corrected chi connectivity index (χ0v) is 9.77. The van der Waals surface area contributed by atoms with Gasteiger partial charge in [0.25, 0.3) is 5.91 Å². The van der Waals surface area contributed by atoms with E-state index in [1.165, 1.54) is 12.4 Å². The van der Waals surface area contributed by atoms with Crippen molar-refractivity contribution in [3.8, 4) is 0 Å². The van der Waals surface area contributed by atoms with E-state index in [4.69, 9.17) is 11.6 Å². The Bertz CT molecular complexity index is 541. The van der Waals surface area contributed by atoms with Crippen molar-refractivity contribution in [2.24, 2.45) is 0 Å². The lowest BCUT2D eigenvalue weighted by molar-refractivity contribution is 0.102. The van der Waals surface area contributed by atoms with Crippen LogP contribution in [0.5, 0.6) is 0 Å². The van der Waals surface area contributed by atoms with Gasteiger partial charge in [-0.25, -0.2) is 9.97 Å². The highest BCUT2D eigenvalue weighted by Crippen LogP contribution is 2.09. The fourth-order valence-corrected chi connectivity index (χ4v) is 1.35. The highest BCUT2D eigenvalue weighted by atomic mass is 35.5. The number of pyridine rings is 1. The van der Waals surface area contributed by atoms with Crippen LogP contribution in [0.3, 0.4) is 0 Å². The molecule has 17 heavy (non-hydrogen) atoms. The summed E-state index contributed by atoms with van der Waals surface area (Å²) in [5.74, 6) is -0.334. The Morgan fingerprint density at radius 3 is 2.76 bits per heavy atom. The van der Waals surface area contributed by atoms with Crippen molar-refractivity contribution in [1.82, 2.24) is 15.0 Å². The number of halogens is 1. The summed E-state index contributed by atoms with van der Waals surface area (Å²) >= 11 is 5.58. The first-order valence-corrected chi connectivity index (χ1v) is 5.24. The smallest absolute Gasteiger partial charge is 0.275 e. The topological polar surface area (TPSA) is 67.8 Å². The third-order valence-electron chi connectivity index (χ3n) is 2.01.